The third-order valence-electron chi connectivity index (χ3n) is 3.20. The largest absolute Gasteiger partial charge is 0.395 e. The number of amides is 1. The number of carbonyl (C=O) groups excluding carboxylic acids is 1. The zero-order chi connectivity index (χ0) is 11.3. The average Bonchev–Trinajstić information content (AvgIpc) is 2.25. The number of aliphatic hydroxyl groups is 1. The SMILES string of the molecule is CCN(CCO)C(=O)C1CCCCC1N. The first-order valence-electron chi connectivity index (χ1n) is 5.86. The van der Waals surface area contributed by atoms with Crippen LogP contribution < -0.4 is 5.73 Å². The lowest BCUT2D eigenvalue weighted by Crippen LogP contribution is -2.46. The van der Waals surface area contributed by atoms with Crippen molar-refractivity contribution in [2.24, 2.45) is 11.7 Å². The van der Waals surface area contributed by atoms with E-state index in [-0.39, 0.29) is 24.5 Å². The molecule has 1 aliphatic rings. The van der Waals surface area contributed by atoms with Crippen LogP contribution in [-0.2, 0) is 4.79 Å². The zero-order valence-electron chi connectivity index (χ0n) is 9.48. The minimum atomic E-state index is -0.0229. The molecule has 1 fully saturated rings. The number of aliphatic hydroxyl groups excluding tert-OH is 1. The third-order valence-corrected chi connectivity index (χ3v) is 3.20. The van der Waals surface area contributed by atoms with Crippen LogP contribution >= 0.6 is 0 Å². The van der Waals surface area contributed by atoms with Crippen molar-refractivity contribution in [1.29, 1.82) is 0 Å². The van der Waals surface area contributed by atoms with Crippen LogP contribution in [0.4, 0.5) is 0 Å². The summed E-state index contributed by atoms with van der Waals surface area (Å²) in [7, 11) is 0. The molecule has 0 radical (unpaired) electrons. The molecule has 88 valence electrons. The highest BCUT2D eigenvalue weighted by Crippen LogP contribution is 2.24. The standard InChI is InChI=1S/C11H22N2O2/c1-2-13(7-8-14)11(15)9-5-3-4-6-10(9)12/h9-10,14H,2-8,12H2,1H3. The van der Waals surface area contributed by atoms with Gasteiger partial charge in [-0.05, 0) is 19.8 Å². The molecule has 4 nitrogen and oxygen atoms in total. The number of likely N-dealkylation sites (N-methyl/N-ethyl adjacent to an activating group) is 1. The molecule has 3 N–H and O–H groups in total. The van der Waals surface area contributed by atoms with E-state index in [1.165, 1.54) is 0 Å². The minimum Gasteiger partial charge on any atom is -0.395 e. The van der Waals surface area contributed by atoms with Gasteiger partial charge in [-0.3, -0.25) is 4.79 Å². The van der Waals surface area contributed by atoms with Crippen molar-refractivity contribution < 1.29 is 9.90 Å². The normalized spacial score (nSPS) is 26.3. The van der Waals surface area contributed by atoms with Crippen LogP contribution in [0.1, 0.15) is 32.6 Å². The van der Waals surface area contributed by atoms with Gasteiger partial charge in [0, 0.05) is 19.1 Å². The number of nitrogens with zero attached hydrogens (tertiary/aromatic N) is 1. The number of hydrogen-bond acceptors (Lipinski definition) is 3. The number of nitrogens with two attached hydrogens (primary N) is 1. The second kappa shape index (κ2) is 6.08. The van der Waals surface area contributed by atoms with E-state index < -0.39 is 0 Å². The van der Waals surface area contributed by atoms with Gasteiger partial charge in [-0.15, -0.1) is 0 Å². The van der Waals surface area contributed by atoms with Gasteiger partial charge < -0.3 is 15.7 Å². The molecule has 0 heterocycles. The monoisotopic (exact) mass is 214 g/mol. The first-order chi connectivity index (χ1) is 7.20. The molecule has 1 saturated carbocycles. The highest BCUT2D eigenvalue weighted by molar-refractivity contribution is 5.79. The van der Waals surface area contributed by atoms with E-state index in [0.29, 0.717) is 13.1 Å². The number of hydrogen-bond donors (Lipinski definition) is 2. The van der Waals surface area contributed by atoms with Gasteiger partial charge >= 0.3 is 0 Å². The maximum absolute atomic E-state index is 12.1. The molecule has 1 amide bonds. The van der Waals surface area contributed by atoms with E-state index in [1.807, 2.05) is 6.92 Å². The summed E-state index contributed by atoms with van der Waals surface area (Å²) in [6, 6.07) is 0.0130. The zero-order valence-corrected chi connectivity index (χ0v) is 9.48. The molecule has 0 aliphatic heterocycles. The van der Waals surface area contributed by atoms with Crippen molar-refractivity contribution in [3.63, 3.8) is 0 Å². The lowest BCUT2D eigenvalue weighted by Gasteiger charge is -2.32. The molecule has 15 heavy (non-hydrogen) atoms. The predicted octanol–water partition coefficient (Wildman–Crippen LogP) is 0.345. The Morgan fingerprint density at radius 3 is 2.67 bits per heavy atom. The average molecular weight is 214 g/mol. The van der Waals surface area contributed by atoms with E-state index in [0.717, 1.165) is 25.7 Å². The van der Waals surface area contributed by atoms with E-state index >= 15 is 0 Å². The summed E-state index contributed by atoms with van der Waals surface area (Å²) in [5.74, 6) is 0.101. The van der Waals surface area contributed by atoms with Crippen molar-refractivity contribution in [2.45, 2.75) is 38.6 Å². The van der Waals surface area contributed by atoms with Crippen molar-refractivity contribution >= 4 is 5.91 Å². The Morgan fingerprint density at radius 2 is 2.13 bits per heavy atom. The molecule has 4 heteroatoms. The Kier molecular flexibility index (Phi) is 5.05. The van der Waals surface area contributed by atoms with E-state index in [2.05, 4.69) is 0 Å². The maximum atomic E-state index is 12.1. The Labute approximate surface area is 91.4 Å². The summed E-state index contributed by atoms with van der Waals surface area (Å²) >= 11 is 0. The quantitative estimate of drug-likeness (QED) is 0.709. The Balaban J connectivity index is 2.55. The molecular weight excluding hydrogens is 192 g/mol. The highest BCUT2D eigenvalue weighted by Gasteiger charge is 2.30. The summed E-state index contributed by atoms with van der Waals surface area (Å²) < 4.78 is 0. The molecule has 0 bridgehead atoms. The van der Waals surface area contributed by atoms with E-state index in [4.69, 9.17) is 10.8 Å². The van der Waals surface area contributed by atoms with Gasteiger partial charge in [-0.2, -0.15) is 0 Å². The van der Waals surface area contributed by atoms with Crippen LogP contribution in [0.2, 0.25) is 0 Å². The van der Waals surface area contributed by atoms with E-state index in [1.54, 1.807) is 4.90 Å². The molecule has 0 spiro atoms. The Bertz CT molecular complexity index is 209. The fraction of sp³-hybridized carbons (Fsp3) is 0.909. The molecular formula is C11H22N2O2. The molecule has 2 unspecified atom stereocenters. The second-order valence-electron chi connectivity index (χ2n) is 4.20. The van der Waals surface area contributed by atoms with Crippen LogP contribution in [0.15, 0.2) is 0 Å². The van der Waals surface area contributed by atoms with Crippen LogP contribution in [0.3, 0.4) is 0 Å². The Hall–Kier alpha value is -0.610. The molecule has 0 saturated heterocycles. The second-order valence-corrected chi connectivity index (χ2v) is 4.20. The molecule has 2 atom stereocenters. The van der Waals surface area contributed by atoms with Gasteiger partial charge in [0.05, 0.1) is 12.5 Å². The van der Waals surface area contributed by atoms with Gasteiger partial charge in [0.25, 0.3) is 0 Å². The molecule has 1 aliphatic carbocycles. The lowest BCUT2D eigenvalue weighted by atomic mass is 9.84. The summed E-state index contributed by atoms with van der Waals surface area (Å²) in [6.07, 6.45) is 4.09. The van der Waals surface area contributed by atoms with Gasteiger partial charge in [0.2, 0.25) is 5.91 Å². The van der Waals surface area contributed by atoms with Crippen molar-refractivity contribution in [3.8, 4) is 0 Å². The minimum absolute atomic E-state index is 0.0130. The topological polar surface area (TPSA) is 66.6 Å². The fourth-order valence-corrected chi connectivity index (χ4v) is 2.25. The van der Waals surface area contributed by atoms with Crippen LogP contribution in [-0.4, -0.2) is 41.7 Å². The number of carbonyl (C=O) groups is 1. The summed E-state index contributed by atoms with van der Waals surface area (Å²) in [5.41, 5.74) is 5.96. The summed E-state index contributed by atoms with van der Waals surface area (Å²) in [6.45, 7) is 3.05. The van der Waals surface area contributed by atoms with Crippen LogP contribution in [0.5, 0.6) is 0 Å². The van der Waals surface area contributed by atoms with Crippen molar-refractivity contribution in [2.75, 3.05) is 19.7 Å². The van der Waals surface area contributed by atoms with Gasteiger partial charge in [-0.25, -0.2) is 0 Å². The van der Waals surface area contributed by atoms with Crippen molar-refractivity contribution in [3.05, 3.63) is 0 Å². The van der Waals surface area contributed by atoms with E-state index in [9.17, 15) is 4.79 Å². The maximum Gasteiger partial charge on any atom is 0.227 e. The van der Waals surface area contributed by atoms with Crippen LogP contribution in [0.25, 0.3) is 0 Å². The van der Waals surface area contributed by atoms with Crippen LogP contribution in [0, 0.1) is 5.92 Å². The summed E-state index contributed by atoms with van der Waals surface area (Å²) in [5, 5.41) is 8.86. The lowest BCUT2D eigenvalue weighted by molar-refractivity contribution is -0.137. The highest BCUT2D eigenvalue weighted by atomic mass is 16.3. The molecule has 0 aromatic rings. The Morgan fingerprint density at radius 1 is 1.47 bits per heavy atom. The first kappa shape index (κ1) is 12.5. The first-order valence-corrected chi connectivity index (χ1v) is 5.86. The van der Waals surface area contributed by atoms with Gasteiger partial charge in [0.15, 0.2) is 0 Å². The van der Waals surface area contributed by atoms with Gasteiger partial charge in [-0.1, -0.05) is 12.8 Å². The van der Waals surface area contributed by atoms with Gasteiger partial charge in [0.1, 0.15) is 0 Å². The molecule has 1 rings (SSSR count). The third kappa shape index (κ3) is 3.18. The predicted molar refractivity (Wildman–Crippen MR) is 59.3 cm³/mol. The molecule has 0 aromatic heterocycles. The fourth-order valence-electron chi connectivity index (χ4n) is 2.25. The molecule has 0 aromatic carbocycles. The number of rotatable bonds is 4. The summed E-state index contributed by atoms with van der Waals surface area (Å²) in [4.78, 5) is 13.8. The van der Waals surface area contributed by atoms with Crippen molar-refractivity contribution in [1.82, 2.24) is 4.90 Å². The smallest absolute Gasteiger partial charge is 0.227 e.